The van der Waals surface area contributed by atoms with Crippen LogP contribution in [0.5, 0.6) is 0 Å². The van der Waals surface area contributed by atoms with E-state index in [0.717, 1.165) is 35.8 Å². The fraction of sp³-hybridized carbons (Fsp3) is 0.385. The normalized spacial score (nSPS) is 15.5. The highest BCUT2D eigenvalue weighted by atomic mass is 16.2. The van der Waals surface area contributed by atoms with Crippen molar-refractivity contribution in [3.63, 3.8) is 0 Å². The van der Waals surface area contributed by atoms with Gasteiger partial charge in [0.2, 0.25) is 12.3 Å². The zero-order valence-corrected chi connectivity index (χ0v) is 22.3. The van der Waals surface area contributed by atoms with Crippen molar-refractivity contribution >= 4 is 42.0 Å². The number of hydrogen-bond donors (Lipinski definition) is 1. The Morgan fingerprint density at radius 1 is 1.18 bits per heavy atom. The van der Waals surface area contributed by atoms with Gasteiger partial charge in [-0.05, 0) is 31.4 Å². The zero-order chi connectivity index (χ0) is 28.1. The molecule has 13 nitrogen and oxygen atoms in total. The lowest BCUT2D eigenvalue weighted by Gasteiger charge is -2.21. The van der Waals surface area contributed by atoms with E-state index in [1.807, 2.05) is 12.1 Å². The fourth-order valence-electron chi connectivity index (χ4n) is 4.32. The van der Waals surface area contributed by atoms with Crippen LogP contribution in [0, 0.1) is 5.92 Å². The number of nitrogens with one attached hydrogen (secondary N) is 1. The predicted molar refractivity (Wildman–Crippen MR) is 144 cm³/mol. The number of rotatable bonds is 10. The Labute approximate surface area is 225 Å². The van der Waals surface area contributed by atoms with Crippen LogP contribution in [-0.4, -0.2) is 87.6 Å². The molecule has 0 spiro atoms. The molecule has 0 bridgehead atoms. The van der Waals surface area contributed by atoms with Crippen molar-refractivity contribution in [3.8, 4) is 11.3 Å². The van der Waals surface area contributed by atoms with Crippen LogP contribution in [0.4, 0.5) is 17.5 Å². The first-order chi connectivity index (χ1) is 18.7. The molecular formula is C26H31N9O4. The summed E-state index contributed by atoms with van der Waals surface area (Å²) in [7, 11) is 2.88. The molecule has 1 saturated heterocycles. The van der Waals surface area contributed by atoms with E-state index in [1.165, 1.54) is 36.1 Å². The van der Waals surface area contributed by atoms with Crippen molar-refractivity contribution in [1.82, 2.24) is 29.4 Å². The summed E-state index contributed by atoms with van der Waals surface area (Å²) in [4.78, 5) is 70.6. The molecule has 1 unspecified atom stereocenters. The van der Waals surface area contributed by atoms with Gasteiger partial charge in [-0.15, -0.1) is 0 Å². The highest BCUT2D eigenvalue weighted by Gasteiger charge is 2.29. The average molecular weight is 534 g/mol. The number of aromatic nitrogens is 5. The Morgan fingerprint density at radius 3 is 2.62 bits per heavy atom. The molecule has 0 aliphatic carbocycles. The van der Waals surface area contributed by atoms with Crippen molar-refractivity contribution in [3.05, 3.63) is 42.7 Å². The Bertz CT molecular complexity index is 1360. The van der Waals surface area contributed by atoms with Gasteiger partial charge in [0.15, 0.2) is 17.3 Å². The van der Waals surface area contributed by atoms with E-state index in [-0.39, 0.29) is 23.9 Å². The van der Waals surface area contributed by atoms with E-state index in [4.69, 9.17) is 0 Å². The Hall–Kier alpha value is -4.68. The molecule has 0 saturated carbocycles. The number of hydrogen-bond acceptors (Lipinski definition) is 9. The summed E-state index contributed by atoms with van der Waals surface area (Å²) < 4.78 is 1.35. The SMILES string of the molecule is CC1CCN(c2ccc(-c3cncc(NC(=O)[C@H](C)n4cnc(N(C)C=O)c4C(=O)N(C)CC=O)n3)cn2)C1. The first kappa shape index (κ1) is 27.4. The molecule has 4 rings (SSSR count). The molecule has 0 radical (unpaired) electrons. The zero-order valence-electron chi connectivity index (χ0n) is 22.3. The maximum atomic E-state index is 13.2. The number of pyridine rings is 1. The third-order valence-electron chi connectivity index (χ3n) is 6.64. The Kier molecular flexibility index (Phi) is 8.27. The van der Waals surface area contributed by atoms with Crippen molar-refractivity contribution in [2.75, 3.05) is 48.8 Å². The van der Waals surface area contributed by atoms with Crippen LogP contribution in [0.25, 0.3) is 11.3 Å². The van der Waals surface area contributed by atoms with Crippen LogP contribution >= 0.6 is 0 Å². The van der Waals surface area contributed by atoms with Gasteiger partial charge in [0.1, 0.15) is 18.1 Å². The van der Waals surface area contributed by atoms with Crippen LogP contribution in [0.1, 0.15) is 36.8 Å². The number of carbonyl (C=O) groups is 4. The summed E-state index contributed by atoms with van der Waals surface area (Å²) in [5.74, 6) is 0.795. The Morgan fingerprint density at radius 2 is 1.97 bits per heavy atom. The summed E-state index contributed by atoms with van der Waals surface area (Å²) in [6, 6.07) is 2.97. The third kappa shape index (κ3) is 5.92. The molecular weight excluding hydrogens is 502 g/mol. The molecule has 3 aromatic heterocycles. The number of likely N-dealkylation sites (N-methyl/N-ethyl adjacent to an activating group) is 1. The van der Waals surface area contributed by atoms with E-state index < -0.39 is 17.9 Å². The number of carbonyl (C=O) groups excluding carboxylic acids is 4. The summed E-state index contributed by atoms with van der Waals surface area (Å²) in [5, 5.41) is 2.73. The standard InChI is InChI=1S/C26H31N9O4/c1-17-7-8-34(14-17)22-6-5-19(11-28-22)20-12-27-13-21(30-20)31-25(38)18(2)35-15-29-24(33(4)16-37)23(35)26(39)32(3)9-10-36/h5-6,10-13,15-18H,7-9,14H2,1-4H3,(H,30,31,38)/t17?,18-/m0/s1. The minimum atomic E-state index is -0.913. The average Bonchev–Trinajstić information content (AvgIpc) is 3.59. The minimum Gasteiger partial charge on any atom is -0.356 e. The van der Waals surface area contributed by atoms with Crippen LogP contribution < -0.4 is 15.1 Å². The van der Waals surface area contributed by atoms with E-state index >= 15 is 0 Å². The number of aldehydes is 1. The van der Waals surface area contributed by atoms with Gasteiger partial charge in [0.25, 0.3) is 5.91 Å². The van der Waals surface area contributed by atoms with Gasteiger partial charge in [0, 0.05) is 38.9 Å². The van der Waals surface area contributed by atoms with E-state index in [1.54, 1.807) is 19.3 Å². The second-order valence-electron chi connectivity index (χ2n) is 9.59. The van der Waals surface area contributed by atoms with Crippen LogP contribution in [0.3, 0.4) is 0 Å². The van der Waals surface area contributed by atoms with Gasteiger partial charge in [-0.25, -0.2) is 15.0 Å². The van der Waals surface area contributed by atoms with E-state index in [9.17, 15) is 19.2 Å². The molecule has 3 aromatic rings. The van der Waals surface area contributed by atoms with Crippen LogP contribution in [0.15, 0.2) is 37.1 Å². The number of imidazole rings is 1. The molecule has 2 atom stereocenters. The maximum Gasteiger partial charge on any atom is 0.274 e. The molecule has 4 heterocycles. The Balaban J connectivity index is 1.53. The number of amides is 3. The highest BCUT2D eigenvalue weighted by molar-refractivity contribution is 6.01. The van der Waals surface area contributed by atoms with E-state index in [0.29, 0.717) is 24.3 Å². The molecule has 1 aliphatic rings. The monoisotopic (exact) mass is 533 g/mol. The summed E-state index contributed by atoms with van der Waals surface area (Å²) >= 11 is 0. The lowest BCUT2D eigenvalue weighted by Crippen LogP contribution is -2.34. The topological polar surface area (TPSA) is 147 Å². The van der Waals surface area contributed by atoms with Gasteiger partial charge >= 0.3 is 0 Å². The van der Waals surface area contributed by atoms with Crippen LogP contribution in [-0.2, 0) is 14.4 Å². The second-order valence-corrected chi connectivity index (χ2v) is 9.59. The molecule has 1 aliphatic heterocycles. The molecule has 3 amide bonds. The van der Waals surface area contributed by atoms with Gasteiger partial charge in [-0.1, -0.05) is 6.92 Å². The third-order valence-corrected chi connectivity index (χ3v) is 6.64. The summed E-state index contributed by atoms with van der Waals surface area (Å²) in [6.07, 6.45) is 8.28. The second kappa shape index (κ2) is 11.8. The fourth-order valence-corrected chi connectivity index (χ4v) is 4.32. The van der Waals surface area contributed by atoms with Crippen molar-refractivity contribution in [2.24, 2.45) is 5.92 Å². The largest absolute Gasteiger partial charge is 0.356 e. The van der Waals surface area contributed by atoms with Crippen molar-refractivity contribution in [1.29, 1.82) is 0 Å². The quantitative estimate of drug-likeness (QED) is 0.384. The number of nitrogens with zero attached hydrogens (tertiary/aromatic N) is 8. The first-order valence-corrected chi connectivity index (χ1v) is 12.5. The van der Waals surface area contributed by atoms with Crippen LogP contribution in [0.2, 0.25) is 0 Å². The van der Waals surface area contributed by atoms with E-state index in [2.05, 4.69) is 37.1 Å². The first-order valence-electron chi connectivity index (χ1n) is 12.5. The highest BCUT2D eigenvalue weighted by Crippen LogP contribution is 2.26. The molecule has 1 N–H and O–H groups in total. The van der Waals surface area contributed by atoms with Crippen molar-refractivity contribution in [2.45, 2.75) is 26.3 Å². The molecule has 1 fully saturated rings. The number of anilines is 3. The molecule has 204 valence electrons. The van der Waals surface area contributed by atoms with Gasteiger partial charge in [-0.2, -0.15) is 0 Å². The summed E-state index contributed by atoms with van der Waals surface area (Å²) in [5.41, 5.74) is 1.29. The lowest BCUT2D eigenvalue weighted by atomic mass is 10.2. The minimum absolute atomic E-state index is 0.00463. The van der Waals surface area contributed by atoms with Gasteiger partial charge in [-0.3, -0.25) is 19.4 Å². The molecule has 0 aromatic carbocycles. The van der Waals surface area contributed by atoms with Gasteiger partial charge < -0.3 is 29.4 Å². The van der Waals surface area contributed by atoms with Crippen molar-refractivity contribution < 1.29 is 19.2 Å². The predicted octanol–water partition coefficient (Wildman–Crippen LogP) is 1.64. The lowest BCUT2D eigenvalue weighted by molar-refractivity contribution is -0.119. The summed E-state index contributed by atoms with van der Waals surface area (Å²) in [6.45, 7) is 5.61. The van der Waals surface area contributed by atoms with Gasteiger partial charge in [0.05, 0.1) is 31.0 Å². The molecule has 13 heteroatoms. The maximum absolute atomic E-state index is 13.2. The molecule has 39 heavy (non-hydrogen) atoms. The smallest absolute Gasteiger partial charge is 0.274 e.